The van der Waals surface area contributed by atoms with Crippen LogP contribution < -0.4 is 4.74 Å². The van der Waals surface area contributed by atoms with E-state index in [1.165, 1.54) is 11.8 Å². The van der Waals surface area contributed by atoms with E-state index in [-0.39, 0.29) is 5.75 Å². The predicted molar refractivity (Wildman–Crippen MR) is 96.3 cm³/mol. The van der Waals surface area contributed by atoms with Gasteiger partial charge in [0.1, 0.15) is 15.6 Å². The Balaban J connectivity index is 1.46. The van der Waals surface area contributed by atoms with Crippen LogP contribution in [0.3, 0.4) is 0 Å². The second kappa shape index (κ2) is 7.85. The van der Waals surface area contributed by atoms with Gasteiger partial charge in [0.15, 0.2) is 0 Å². The maximum atomic E-state index is 11.3. The van der Waals surface area contributed by atoms with Crippen molar-refractivity contribution in [2.75, 3.05) is 57.9 Å². The highest BCUT2D eigenvalue weighted by molar-refractivity contribution is 7.90. The Hall–Kier alpha value is -1.11. The molecule has 0 saturated carbocycles. The second-order valence-electron chi connectivity index (χ2n) is 7.09. The number of para-hydroxylation sites is 1. The van der Waals surface area contributed by atoms with Crippen LogP contribution in [0.2, 0.25) is 0 Å². The van der Waals surface area contributed by atoms with E-state index in [1.807, 2.05) is 6.07 Å². The van der Waals surface area contributed by atoms with E-state index in [0.717, 1.165) is 57.9 Å². The molecule has 0 aliphatic carbocycles. The molecule has 3 rings (SSSR count). The molecule has 2 heterocycles. The molecular formula is C18H28N2O3S. The SMILES string of the molecule is CS(=O)(=O)CCN1CCN(CC2CCOc3ccccc3C2)CC1. The molecular weight excluding hydrogens is 324 g/mol. The van der Waals surface area contributed by atoms with Crippen LogP contribution in [-0.2, 0) is 16.3 Å². The summed E-state index contributed by atoms with van der Waals surface area (Å²) in [5.74, 6) is 1.95. The molecule has 0 aromatic heterocycles. The third-order valence-corrected chi connectivity index (χ3v) is 5.95. The zero-order chi connectivity index (χ0) is 17.0. The van der Waals surface area contributed by atoms with Gasteiger partial charge in [0.2, 0.25) is 0 Å². The minimum Gasteiger partial charge on any atom is -0.493 e. The van der Waals surface area contributed by atoms with Gasteiger partial charge in [-0.3, -0.25) is 4.90 Å². The largest absolute Gasteiger partial charge is 0.493 e. The first-order chi connectivity index (χ1) is 11.5. The Morgan fingerprint density at radius 1 is 1.12 bits per heavy atom. The number of ether oxygens (including phenoxy) is 1. The number of rotatable bonds is 5. The molecule has 5 nitrogen and oxygen atoms in total. The first-order valence-electron chi connectivity index (χ1n) is 8.83. The van der Waals surface area contributed by atoms with Crippen molar-refractivity contribution in [1.29, 1.82) is 0 Å². The van der Waals surface area contributed by atoms with E-state index in [1.54, 1.807) is 0 Å². The van der Waals surface area contributed by atoms with E-state index < -0.39 is 9.84 Å². The van der Waals surface area contributed by atoms with Crippen LogP contribution in [0, 0.1) is 5.92 Å². The van der Waals surface area contributed by atoms with Crippen LogP contribution in [0.1, 0.15) is 12.0 Å². The summed E-state index contributed by atoms with van der Waals surface area (Å²) < 4.78 is 28.4. The van der Waals surface area contributed by atoms with E-state index in [2.05, 4.69) is 28.0 Å². The van der Waals surface area contributed by atoms with Crippen molar-refractivity contribution in [2.24, 2.45) is 5.92 Å². The Morgan fingerprint density at radius 2 is 1.83 bits per heavy atom. The quantitative estimate of drug-likeness (QED) is 0.799. The van der Waals surface area contributed by atoms with Gasteiger partial charge in [0, 0.05) is 45.5 Å². The number of benzene rings is 1. The Morgan fingerprint density at radius 3 is 2.58 bits per heavy atom. The van der Waals surface area contributed by atoms with Gasteiger partial charge in [-0.2, -0.15) is 0 Å². The minimum atomic E-state index is -2.86. The van der Waals surface area contributed by atoms with Crippen LogP contribution >= 0.6 is 0 Å². The number of hydrogen-bond donors (Lipinski definition) is 0. The molecule has 1 saturated heterocycles. The number of hydrogen-bond acceptors (Lipinski definition) is 5. The maximum absolute atomic E-state index is 11.3. The molecule has 0 amide bonds. The summed E-state index contributed by atoms with van der Waals surface area (Å²) in [4.78, 5) is 4.79. The summed E-state index contributed by atoms with van der Waals surface area (Å²) in [6.07, 6.45) is 3.50. The van der Waals surface area contributed by atoms with Gasteiger partial charge < -0.3 is 9.64 Å². The molecule has 1 fully saturated rings. The first-order valence-corrected chi connectivity index (χ1v) is 10.9. The molecule has 2 aliphatic heterocycles. The minimum absolute atomic E-state index is 0.268. The highest BCUT2D eigenvalue weighted by Gasteiger charge is 2.23. The average Bonchev–Trinajstić information content (AvgIpc) is 2.75. The van der Waals surface area contributed by atoms with Gasteiger partial charge in [-0.05, 0) is 30.4 Å². The molecule has 6 heteroatoms. The third kappa shape index (κ3) is 5.19. The number of sulfone groups is 1. The molecule has 0 N–H and O–H groups in total. The summed E-state index contributed by atoms with van der Waals surface area (Å²) >= 11 is 0. The fourth-order valence-corrected chi connectivity index (χ4v) is 4.16. The normalized spacial score (nSPS) is 23.3. The van der Waals surface area contributed by atoms with Crippen LogP contribution in [0.4, 0.5) is 0 Å². The zero-order valence-corrected chi connectivity index (χ0v) is 15.3. The molecule has 1 atom stereocenters. The van der Waals surface area contributed by atoms with Crippen molar-refractivity contribution >= 4 is 9.84 Å². The molecule has 2 aliphatic rings. The van der Waals surface area contributed by atoms with Gasteiger partial charge in [0.25, 0.3) is 0 Å². The Bertz CT molecular complexity index is 639. The van der Waals surface area contributed by atoms with Gasteiger partial charge in [-0.25, -0.2) is 8.42 Å². The summed E-state index contributed by atoms with van der Waals surface area (Å²) in [6, 6.07) is 8.37. The van der Waals surface area contributed by atoms with Gasteiger partial charge in [0.05, 0.1) is 12.4 Å². The van der Waals surface area contributed by atoms with Crippen LogP contribution in [0.5, 0.6) is 5.75 Å². The fraction of sp³-hybridized carbons (Fsp3) is 0.667. The highest BCUT2D eigenvalue weighted by atomic mass is 32.2. The second-order valence-corrected chi connectivity index (χ2v) is 9.35. The van der Waals surface area contributed by atoms with E-state index in [4.69, 9.17) is 4.74 Å². The lowest BCUT2D eigenvalue weighted by atomic mass is 9.96. The predicted octanol–water partition coefficient (Wildman–Crippen LogP) is 1.29. The molecule has 1 aromatic carbocycles. The van der Waals surface area contributed by atoms with E-state index in [9.17, 15) is 8.42 Å². The van der Waals surface area contributed by atoms with Crippen molar-refractivity contribution in [1.82, 2.24) is 9.80 Å². The summed E-state index contributed by atoms with van der Waals surface area (Å²) in [5.41, 5.74) is 1.33. The van der Waals surface area contributed by atoms with Crippen LogP contribution in [0.15, 0.2) is 24.3 Å². The molecule has 0 bridgehead atoms. The lowest BCUT2D eigenvalue weighted by Crippen LogP contribution is -2.48. The Labute approximate surface area is 145 Å². The lowest BCUT2D eigenvalue weighted by Gasteiger charge is -2.36. The molecule has 24 heavy (non-hydrogen) atoms. The van der Waals surface area contributed by atoms with Crippen LogP contribution in [-0.4, -0.2) is 76.1 Å². The molecule has 1 aromatic rings. The Kier molecular flexibility index (Phi) is 5.79. The molecule has 0 spiro atoms. The smallest absolute Gasteiger partial charge is 0.148 e. The third-order valence-electron chi connectivity index (χ3n) is 5.02. The number of nitrogens with zero attached hydrogens (tertiary/aromatic N) is 2. The lowest BCUT2D eigenvalue weighted by molar-refractivity contribution is 0.118. The monoisotopic (exact) mass is 352 g/mol. The van der Waals surface area contributed by atoms with Gasteiger partial charge >= 0.3 is 0 Å². The molecule has 134 valence electrons. The fourth-order valence-electron chi connectivity index (χ4n) is 3.57. The van der Waals surface area contributed by atoms with E-state index in [0.29, 0.717) is 12.5 Å². The summed E-state index contributed by atoms with van der Waals surface area (Å²) in [7, 11) is -2.86. The van der Waals surface area contributed by atoms with Crippen LogP contribution in [0.25, 0.3) is 0 Å². The summed E-state index contributed by atoms with van der Waals surface area (Å²) in [6.45, 7) is 6.57. The van der Waals surface area contributed by atoms with Gasteiger partial charge in [-0.1, -0.05) is 18.2 Å². The van der Waals surface area contributed by atoms with Crippen molar-refractivity contribution in [3.05, 3.63) is 29.8 Å². The maximum Gasteiger partial charge on any atom is 0.148 e. The van der Waals surface area contributed by atoms with Crippen molar-refractivity contribution in [2.45, 2.75) is 12.8 Å². The topological polar surface area (TPSA) is 49.9 Å². The molecule has 1 unspecified atom stereocenters. The van der Waals surface area contributed by atoms with Crippen molar-refractivity contribution in [3.63, 3.8) is 0 Å². The number of piperazine rings is 1. The summed E-state index contributed by atoms with van der Waals surface area (Å²) in [5, 5.41) is 0. The van der Waals surface area contributed by atoms with Gasteiger partial charge in [-0.15, -0.1) is 0 Å². The molecule has 0 radical (unpaired) electrons. The van der Waals surface area contributed by atoms with E-state index >= 15 is 0 Å². The van der Waals surface area contributed by atoms with Crippen molar-refractivity contribution < 1.29 is 13.2 Å². The average molecular weight is 353 g/mol. The highest BCUT2D eigenvalue weighted by Crippen LogP contribution is 2.27. The number of fused-ring (bicyclic) bond motifs is 1. The zero-order valence-electron chi connectivity index (χ0n) is 14.5. The standard InChI is InChI=1S/C18H28N2O3S/c1-24(21,22)13-11-19-7-9-20(10-8-19)15-16-6-12-23-18-5-3-2-4-17(18)14-16/h2-5,16H,6-15H2,1H3. The van der Waals surface area contributed by atoms with Crippen molar-refractivity contribution in [3.8, 4) is 5.75 Å². The first kappa shape index (κ1) is 17.7.